The summed E-state index contributed by atoms with van der Waals surface area (Å²) in [6.45, 7) is 6.14. The van der Waals surface area contributed by atoms with E-state index in [0.29, 0.717) is 44.3 Å². The van der Waals surface area contributed by atoms with Gasteiger partial charge in [-0.25, -0.2) is 0 Å². The van der Waals surface area contributed by atoms with Crippen molar-refractivity contribution in [2.75, 3.05) is 37.6 Å². The van der Waals surface area contributed by atoms with Crippen LogP contribution in [0.25, 0.3) is 5.65 Å². The van der Waals surface area contributed by atoms with Crippen molar-refractivity contribution in [3.8, 4) is 0 Å². The van der Waals surface area contributed by atoms with Gasteiger partial charge in [0.25, 0.3) is 5.82 Å². The van der Waals surface area contributed by atoms with E-state index >= 15 is 0 Å². The van der Waals surface area contributed by atoms with Gasteiger partial charge in [0.05, 0.1) is 0 Å². The first-order valence-electron chi connectivity index (χ1n) is 10.9. The van der Waals surface area contributed by atoms with E-state index in [4.69, 9.17) is 0 Å². The molecule has 1 unspecified atom stereocenters. The zero-order valence-corrected chi connectivity index (χ0v) is 17.6. The average molecular weight is 439 g/mol. The van der Waals surface area contributed by atoms with Crippen LogP contribution in [0.3, 0.4) is 0 Å². The lowest BCUT2D eigenvalue weighted by atomic mass is 9.95. The van der Waals surface area contributed by atoms with Crippen LogP contribution in [-0.4, -0.2) is 69.4 Å². The number of aromatic nitrogens is 4. The number of amides is 1. The van der Waals surface area contributed by atoms with Gasteiger partial charge in [-0.2, -0.15) is 17.7 Å². The highest BCUT2D eigenvalue weighted by molar-refractivity contribution is 5.79. The summed E-state index contributed by atoms with van der Waals surface area (Å²) < 4.78 is 40.0. The molecule has 2 aliphatic rings. The number of nitrogens with one attached hydrogen (secondary N) is 1. The second kappa shape index (κ2) is 8.97. The Balaban J connectivity index is 1.33. The summed E-state index contributed by atoms with van der Waals surface area (Å²) in [5.74, 6) is -0.727. The highest BCUT2D eigenvalue weighted by Crippen LogP contribution is 2.28. The third kappa shape index (κ3) is 4.76. The highest BCUT2D eigenvalue weighted by atomic mass is 19.4. The molecular weight excluding hydrogens is 411 g/mol. The van der Waals surface area contributed by atoms with Crippen molar-refractivity contribution in [1.29, 1.82) is 0 Å². The maximum absolute atomic E-state index is 13.1. The largest absolute Gasteiger partial charge is 0.453 e. The van der Waals surface area contributed by atoms with Crippen molar-refractivity contribution in [3.05, 3.63) is 18.0 Å². The SMILES string of the molecule is CCC(CNC(=O)C1CCN(c2ccc3nnc(C(F)(F)F)n3n2)CC1)N1CCCC1. The molecule has 11 heteroatoms. The molecule has 1 N–H and O–H groups in total. The lowest BCUT2D eigenvalue weighted by Crippen LogP contribution is -2.46. The smallest absolute Gasteiger partial charge is 0.355 e. The van der Waals surface area contributed by atoms with E-state index in [1.54, 1.807) is 6.07 Å². The molecule has 2 aromatic heterocycles. The van der Waals surface area contributed by atoms with Crippen molar-refractivity contribution < 1.29 is 18.0 Å². The Hall–Kier alpha value is -2.43. The van der Waals surface area contributed by atoms with Crippen molar-refractivity contribution in [2.24, 2.45) is 5.92 Å². The van der Waals surface area contributed by atoms with Crippen LogP contribution in [0.2, 0.25) is 0 Å². The summed E-state index contributed by atoms with van der Waals surface area (Å²) in [6.07, 6.45) is 0.114. The third-order valence-electron chi connectivity index (χ3n) is 6.33. The second-order valence-corrected chi connectivity index (χ2v) is 8.29. The van der Waals surface area contributed by atoms with Crippen LogP contribution in [0.5, 0.6) is 0 Å². The summed E-state index contributed by atoms with van der Waals surface area (Å²) in [5, 5.41) is 14.0. The van der Waals surface area contributed by atoms with E-state index in [0.717, 1.165) is 24.0 Å². The molecule has 8 nitrogen and oxygen atoms in total. The van der Waals surface area contributed by atoms with Crippen LogP contribution in [0.15, 0.2) is 12.1 Å². The maximum atomic E-state index is 13.1. The monoisotopic (exact) mass is 439 g/mol. The van der Waals surface area contributed by atoms with Gasteiger partial charge in [-0.05, 0) is 57.3 Å². The van der Waals surface area contributed by atoms with Gasteiger partial charge in [0.15, 0.2) is 5.65 Å². The van der Waals surface area contributed by atoms with Crippen molar-refractivity contribution in [2.45, 2.75) is 51.2 Å². The molecule has 2 fully saturated rings. The number of anilines is 1. The normalized spacial score (nSPS) is 19.8. The Morgan fingerprint density at radius 2 is 1.87 bits per heavy atom. The lowest BCUT2D eigenvalue weighted by molar-refractivity contribution is -0.146. The number of rotatable bonds is 6. The summed E-state index contributed by atoms with van der Waals surface area (Å²) in [6, 6.07) is 3.51. The van der Waals surface area contributed by atoms with E-state index < -0.39 is 12.0 Å². The van der Waals surface area contributed by atoms with Gasteiger partial charge in [0, 0.05) is 31.6 Å². The first kappa shape index (κ1) is 21.8. The molecule has 1 amide bonds. The molecule has 1 atom stereocenters. The molecule has 4 heterocycles. The summed E-state index contributed by atoms with van der Waals surface area (Å²) >= 11 is 0. The Bertz CT molecular complexity index is 902. The number of fused-ring (bicyclic) bond motifs is 1. The molecule has 0 aromatic carbocycles. The number of piperidine rings is 1. The quantitative estimate of drug-likeness (QED) is 0.745. The zero-order valence-electron chi connectivity index (χ0n) is 17.6. The number of carbonyl (C=O) groups is 1. The second-order valence-electron chi connectivity index (χ2n) is 8.29. The van der Waals surface area contributed by atoms with Crippen molar-refractivity contribution in [1.82, 2.24) is 30.0 Å². The van der Waals surface area contributed by atoms with Crippen LogP contribution < -0.4 is 10.2 Å². The molecule has 2 aromatic rings. The lowest BCUT2D eigenvalue weighted by Gasteiger charge is -2.33. The number of halogens is 3. The predicted molar refractivity (Wildman–Crippen MR) is 109 cm³/mol. The van der Waals surface area contributed by atoms with Crippen molar-refractivity contribution >= 4 is 17.4 Å². The number of carbonyl (C=O) groups excluding carboxylic acids is 1. The topological polar surface area (TPSA) is 78.7 Å². The van der Waals surface area contributed by atoms with E-state index in [2.05, 4.69) is 32.4 Å². The molecule has 31 heavy (non-hydrogen) atoms. The fourth-order valence-corrected chi connectivity index (χ4v) is 4.50. The van der Waals surface area contributed by atoms with Gasteiger partial charge in [0.2, 0.25) is 5.91 Å². The minimum atomic E-state index is -4.62. The summed E-state index contributed by atoms with van der Waals surface area (Å²) in [4.78, 5) is 17.0. The number of hydrogen-bond donors (Lipinski definition) is 1. The van der Waals surface area contributed by atoms with Gasteiger partial charge in [-0.1, -0.05) is 6.92 Å². The van der Waals surface area contributed by atoms with Gasteiger partial charge in [-0.15, -0.1) is 15.3 Å². The van der Waals surface area contributed by atoms with Crippen LogP contribution in [0.1, 0.15) is 44.9 Å². The zero-order chi connectivity index (χ0) is 22.0. The van der Waals surface area contributed by atoms with Gasteiger partial charge in [-0.3, -0.25) is 9.69 Å². The molecule has 170 valence electrons. The molecule has 0 bridgehead atoms. The van der Waals surface area contributed by atoms with E-state index in [1.807, 2.05) is 4.90 Å². The van der Waals surface area contributed by atoms with Crippen LogP contribution in [0, 0.1) is 5.92 Å². The Kier molecular flexibility index (Phi) is 6.31. The number of nitrogens with zero attached hydrogens (tertiary/aromatic N) is 6. The van der Waals surface area contributed by atoms with Gasteiger partial charge < -0.3 is 10.2 Å². The molecule has 0 spiro atoms. The fraction of sp³-hybridized carbons (Fsp3) is 0.700. The molecule has 4 rings (SSSR count). The van der Waals surface area contributed by atoms with E-state index in [9.17, 15) is 18.0 Å². The molecule has 0 aliphatic carbocycles. The molecule has 0 saturated carbocycles. The van der Waals surface area contributed by atoms with Crippen LogP contribution in [0.4, 0.5) is 19.0 Å². The molecule has 0 radical (unpaired) electrons. The fourth-order valence-electron chi connectivity index (χ4n) is 4.50. The number of likely N-dealkylation sites (tertiary alicyclic amines) is 1. The first-order valence-corrected chi connectivity index (χ1v) is 10.9. The number of alkyl halides is 3. The highest BCUT2D eigenvalue weighted by Gasteiger charge is 2.38. The minimum Gasteiger partial charge on any atom is -0.355 e. The Morgan fingerprint density at radius 1 is 1.16 bits per heavy atom. The molecular formula is C20H28F3N7O. The van der Waals surface area contributed by atoms with Gasteiger partial charge in [0.1, 0.15) is 5.82 Å². The van der Waals surface area contributed by atoms with Crippen molar-refractivity contribution in [3.63, 3.8) is 0 Å². The van der Waals surface area contributed by atoms with E-state index in [-0.39, 0.29) is 17.5 Å². The Labute approximate surface area is 178 Å². The third-order valence-corrected chi connectivity index (χ3v) is 6.33. The maximum Gasteiger partial charge on any atom is 0.453 e. The average Bonchev–Trinajstić information content (AvgIpc) is 3.43. The minimum absolute atomic E-state index is 0.0498. The first-order chi connectivity index (χ1) is 14.9. The molecule has 2 aliphatic heterocycles. The van der Waals surface area contributed by atoms with Crippen LogP contribution in [-0.2, 0) is 11.0 Å². The summed E-state index contributed by atoms with van der Waals surface area (Å²) in [5.41, 5.74) is 0.0498. The van der Waals surface area contributed by atoms with Crippen LogP contribution >= 0.6 is 0 Å². The van der Waals surface area contributed by atoms with Gasteiger partial charge >= 0.3 is 6.18 Å². The summed E-state index contributed by atoms with van der Waals surface area (Å²) in [7, 11) is 0. The number of hydrogen-bond acceptors (Lipinski definition) is 6. The van der Waals surface area contributed by atoms with E-state index in [1.165, 1.54) is 18.9 Å². The Morgan fingerprint density at radius 3 is 2.52 bits per heavy atom. The standard InChI is InChI=1S/C20H28F3N7O/c1-2-15(28-9-3-4-10-28)13-24-18(31)14-7-11-29(12-8-14)17-6-5-16-25-26-19(20(21,22)23)30(16)27-17/h5-6,14-15H,2-4,7-13H2,1H3,(H,24,31). The predicted octanol–water partition coefficient (Wildman–Crippen LogP) is 2.35. The molecule has 2 saturated heterocycles.